The highest BCUT2D eigenvalue weighted by atomic mass is 32.2. The minimum atomic E-state index is 0.578. The maximum absolute atomic E-state index is 5.56. The summed E-state index contributed by atoms with van der Waals surface area (Å²) in [5, 5.41) is 1.16. The number of aromatic nitrogens is 1. The predicted octanol–water partition coefficient (Wildman–Crippen LogP) is 3.13. The number of unbranched alkanes of at least 4 members (excludes halogenated alkanes) is 2. The third-order valence-corrected chi connectivity index (χ3v) is 3.50. The molecule has 0 radical (unpaired) electrons. The zero-order valence-corrected chi connectivity index (χ0v) is 10.4. The average molecular weight is 224 g/mol. The van der Waals surface area contributed by atoms with Crippen LogP contribution >= 0.6 is 11.8 Å². The van der Waals surface area contributed by atoms with Crippen LogP contribution in [0, 0.1) is 6.92 Å². The molecule has 2 nitrogen and oxygen atoms in total. The summed E-state index contributed by atoms with van der Waals surface area (Å²) in [6.07, 6.45) is 5.75. The van der Waals surface area contributed by atoms with E-state index in [1.165, 1.54) is 30.6 Å². The van der Waals surface area contributed by atoms with Gasteiger partial charge in [0.1, 0.15) is 0 Å². The molecule has 0 spiro atoms. The molecule has 0 saturated carbocycles. The molecule has 3 heteroatoms. The van der Waals surface area contributed by atoms with E-state index in [1.54, 1.807) is 0 Å². The number of nitrogens with zero attached hydrogens (tertiary/aromatic N) is 1. The van der Waals surface area contributed by atoms with E-state index in [0.717, 1.165) is 10.6 Å². The van der Waals surface area contributed by atoms with Gasteiger partial charge in [0, 0.05) is 12.7 Å². The number of aryl methyl sites for hydroxylation is 1. The number of thioether (sulfide) groups is 1. The molecule has 0 bridgehead atoms. The van der Waals surface area contributed by atoms with Crippen LogP contribution in [0.5, 0.6) is 0 Å². The Morgan fingerprint density at radius 1 is 1.40 bits per heavy atom. The SMILES string of the molecule is CCCCCSc1ncc(CN)cc1C. The number of pyridine rings is 1. The first-order valence-corrected chi connectivity index (χ1v) is 6.55. The molecule has 0 unspecified atom stereocenters. The Kier molecular flexibility index (Phi) is 5.73. The average Bonchev–Trinajstić information content (AvgIpc) is 2.26. The molecule has 0 aliphatic heterocycles. The highest BCUT2D eigenvalue weighted by Gasteiger charge is 2.01. The Morgan fingerprint density at radius 2 is 2.20 bits per heavy atom. The molecule has 0 aliphatic carbocycles. The summed E-state index contributed by atoms with van der Waals surface area (Å²) >= 11 is 1.85. The van der Waals surface area contributed by atoms with Crippen LogP contribution in [0.1, 0.15) is 37.3 Å². The topological polar surface area (TPSA) is 38.9 Å². The Balaban J connectivity index is 2.47. The third kappa shape index (κ3) is 4.22. The lowest BCUT2D eigenvalue weighted by molar-refractivity contribution is 0.778. The maximum Gasteiger partial charge on any atom is 0.0989 e. The van der Waals surface area contributed by atoms with Gasteiger partial charge in [-0.3, -0.25) is 0 Å². The van der Waals surface area contributed by atoms with Gasteiger partial charge in [0.2, 0.25) is 0 Å². The van der Waals surface area contributed by atoms with Crippen molar-refractivity contribution in [2.45, 2.75) is 44.7 Å². The van der Waals surface area contributed by atoms with E-state index in [0.29, 0.717) is 6.54 Å². The number of hydrogen-bond donors (Lipinski definition) is 1. The Hall–Kier alpha value is -0.540. The first-order chi connectivity index (χ1) is 7.27. The summed E-state index contributed by atoms with van der Waals surface area (Å²) in [4.78, 5) is 4.43. The number of nitrogens with two attached hydrogens (primary N) is 1. The predicted molar refractivity (Wildman–Crippen MR) is 67.1 cm³/mol. The molecule has 1 rings (SSSR count). The highest BCUT2D eigenvalue weighted by Crippen LogP contribution is 2.21. The van der Waals surface area contributed by atoms with Crippen molar-refractivity contribution in [3.63, 3.8) is 0 Å². The smallest absolute Gasteiger partial charge is 0.0989 e. The third-order valence-electron chi connectivity index (χ3n) is 2.31. The van der Waals surface area contributed by atoms with Gasteiger partial charge in [-0.1, -0.05) is 25.8 Å². The van der Waals surface area contributed by atoms with Gasteiger partial charge < -0.3 is 5.73 Å². The van der Waals surface area contributed by atoms with Crippen LogP contribution in [-0.2, 0) is 6.54 Å². The first-order valence-electron chi connectivity index (χ1n) is 5.56. The second-order valence-electron chi connectivity index (χ2n) is 3.73. The molecular formula is C12H20N2S. The molecule has 84 valence electrons. The Morgan fingerprint density at radius 3 is 2.80 bits per heavy atom. The summed E-state index contributed by atoms with van der Waals surface area (Å²) in [5.74, 6) is 1.17. The molecule has 2 N–H and O–H groups in total. The monoisotopic (exact) mass is 224 g/mol. The molecule has 1 aromatic heterocycles. The van der Waals surface area contributed by atoms with Gasteiger partial charge in [0.15, 0.2) is 0 Å². The van der Waals surface area contributed by atoms with Crippen molar-refractivity contribution in [1.82, 2.24) is 4.98 Å². The molecule has 0 atom stereocenters. The zero-order chi connectivity index (χ0) is 11.1. The largest absolute Gasteiger partial charge is 0.326 e. The van der Waals surface area contributed by atoms with Crippen molar-refractivity contribution < 1.29 is 0 Å². The van der Waals surface area contributed by atoms with Crippen LogP contribution in [0.3, 0.4) is 0 Å². The molecule has 0 aliphatic rings. The van der Waals surface area contributed by atoms with Crippen LogP contribution in [-0.4, -0.2) is 10.7 Å². The van der Waals surface area contributed by atoms with Crippen molar-refractivity contribution in [2.75, 3.05) is 5.75 Å². The summed E-state index contributed by atoms with van der Waals surface area (Å²) < 4.78 is 0. The standard InChI is InChI=1S/C12H20N2S/c1-3-4-5-6-15-12-10(2)7-11(8-13)9-14-12/h7,9H,3-6,8,13H2,1-2H3. The molecule has 0 saturated heterocycles. The van der Waals surface area contributed by atoms with Crippen molar-refractivity contribution >= 4 is 11.8 Å². The fourth-order valence-electron chi connectivity index (χ4n) is 1.40. The first kappa shape index (κ1) is 12.5. The summed E-state index contributed by atoms with van der Waals surface area (Å²) in [6, 6.07) is 2.13. The van der Waals surface area contributed by atoms with E-state index in [2.05, 4.69) is 24.9 Å². The van der Waals surface area contributed by atoms with Crippen LogP contribution in [0.4, 0.5) is 0 Å². The molecule has 0 amide bonds. The Bertz CT molecular complexity index is 300. The van der Waals surface area contributed by atoms with E-state index < -0.39 is 0 Å². The Labute approximate surface area is 96.7 Å². The second kappa shape index (κ2) is 6.85. The van der Waals surface area contributed by atoms with Gasteiger partial charge in [0.25, 0.3) is 0 Å². The zero-order valence-electron chi connectivity index (χ0n) is 9.62. The van der Waals surface area contributed by atoms with E-state index >= 15 is 0 Å². The van der Waals surface area contributed by atoms with Crippen molar-refractivity contribution in [2.24, 2.45) is 5.73 Å². The van der Waals surface area contributed by atoms with Crippen molar-refractivity contribution in [1.29, 1.82) is 0 Å². The highest BCUT2D eigenvalue weighted by molar-refractivity contribution is 7.99. The summed E-state index contributed by atoms with van der Waals surface area (Å²) in [7, 11) is 0. The van der Waals surface area contributed by atoms with Crippen LogP contribution in [0.25, 0.3) is 0 Å². The summed E-state index contributed by atoms with van der Waals surface area (Å²) in [6.45, 7) is 4.91. The molecule has 0 fully saturated rings. The maximum atomic E-state index is 5.56. The van der Waals surface area contributed by atoms with Crippen LogP contribution in [0.2, 0.25) is 0 Å². The fourth-order valence-corrected chi connectivity index (χ4v) is 2.36. The van der Waals surface area contributed by atoms with Gasteiger partial charge in [-0.2, -0.15) is 0 Å². The molecule has 1 heterocycles. The fraction of sp³-hybridized carbons (Fsp3) is 0.583. The molecule has 1 aromatic rings. The lowest BCUT2D eigenvalue weighted by Gasteiger charge is -2.05. The van der Waals surface area contributed by atoms with E-state index in [9.17, 15) is 0 Å². The normalized spacial score (nSPS) is 10.6. The molecular weight excluding hydrogens is 204 g/mol. The second-order valence-corrected chi connectivity index (χ2v) is 4.81. The van der Waals surface area contributed by atoms with Crippen molar-refractivity contribution in [3.8, 4) is 0 Å². The van der Waals surface area contributed by atoms with Gasteiger partial charge >= 0.3 is 0 Å². The van der Waals surface area contributed by atoms with Crippen LogP contribution in [0.15, 0.2) is 17.3 Å². The number of rotatable bonds is 6. The molecule has 0 aromatic carbocycles. The van der Waals surface area contributed by atoms with Gasteiger partial charge in [-0.15, -0.1) is 11.8 Å². The van der Waals surface area contributed by atoms with Gasteiger partial charge in [-0.25, -0.2) is 4.98 Å². The molecule has 15 heavy (non-hydrogen) atoms. The minimum absolute atomic E-state index is 0.578. The van der Waals surface area contributed by atoms with E-state index in [-0.39, 0.29) is 0 Å². The lowest BCUT2D eigenvalue weighted by atomic mass is 10.2. The van der Waals surface area contributed by atoms with Gasteiger partial charge in [-0.05, 0) is 30.2 Å². The van der Waals surface area contributed by atoms with Crippen LogP contribution < -0.4 is 5.73 Å². The number of hydrogen-bond acceptors (Lipinski definition) is 3. The quantitative estimate of drug-likeness (QED) is 0.596. The lowest BCUT2D eigenvalue weighted by Crippen LogP contribution is -1.98. The van der Waals surface area contributed by atoms with Gasteiger partial charge in [0.05, 0.1) is 5.03 Å². The minimum Gasteiger partial charge on any atom is -0.326 e. The van der Waals surface area contributed by atoms with E-state index in [4.69, 9.17) is 5.73 Å². The summed E-state index contributed by atoms with van der Waals surface area (Å²) in [5.41, 5.74) is 7.93. The van der Waals surface area contributed by atoms with Crippen molar-refractivity contribution in [3.05, 3.63) is 23.4 Å². The van der Waals surface area contributed by atoms with E-state index in [1.807, 2.05) is 18.0 Å².